The number of ether oxygens (including phenoxy) is 1. The molecule has 29 heavy (non-hydrogen) atoms. The van der Waals surface area contributed by atoms with Gasteiger partial charge < -0.3 is 15.4 Å². The van der Waals surface area contributed by atoms with Gasteiger partial charge in [-0.15, -0.1) is 5.10 Å². The molecule has 0 saturated heterocycles. The molecule has 0 atom stereocenters. The molecule has 1 heterocycles. The van der Waals surface area contributed by atoms with Crippen LogP contribution < -0.4 is 10.6 Å². The Bertz CT molecular complexity index is 1050. The van der Waals surface area contributed by atoms with E-state index in [0.717, 1.165) is 0 Å². The van der Waals surface area contributed by atoms with Crippen LogP contribution in [0, 0.1) is 6.92 Å². The van der Waals surface area contributed by atoms with Crippen molar-refractivity contribution in [3.63, 3.8) is 0 Å². The molecule has 0 unspecified atom stereocenters. The van der Waals surface area contributed by atoms with Crippen molar-refractivity contribution in [1.29, 1.82) is 0 Å². The van der Waals surface area contributed by atoms with E-state index < -0.39 is 18.5 Å². The van der Waals surface area contributed by atoms with Crippen molar-refractivity contribution >= 4 is 29.2 Å². The van der Waals surface area contributed by atoms with Gasteiger partial charge in [0.1, 0.15) is 0 Å². The second-order valence-electron chi connectivity index (χ2n) is 6.15. The minimum atomic E-state index is -0.744. The van der Waals surface area contributed by atoms with Crippen LogP contribution in [0.5, 0.6) is 0 Å². The molecule has 2 N–H and O–H groups in total. The van der Waals surface area contributed by atoms with Crippen LogP contribution in [0.25, 0.3) is 5.69 Å². The van der Waals surface area contributed by atoms with Gasteiger partial charge in [-0.1, -0.05) is 24.3 Å². The number of hydrogen-bond donors (Lipinski definition) is 2. The van der Waals surface area contributed by atoms with Crippen LogP contribution in [0.1, 0.15) is 23.1 Å². The number of carbonyl (C=O) groups excluding carboxylic acids is 3. The minimum absolute atomic E-state index is 0.0364. The number of carbonyl (C=O) groups is 3. The predicted molar refractivity (Wildman–Crippen MR) is 106 cm³/mol. The molecule has 0 fully saturated rings. The SMILES string of the molecule is CC(=O)Nc1cccc(NC(=O)COC(=O)c2nn(-c3ccccc3)nc2C)c1. The van der Waals surface area contributed by atoms with Crippen molar-refractivity contribution in [2.45, 2.75) is 13.8 Å². The summed E-state index contributed by atoms with van der Waals surface area (Å²) in [7, 11) is 0. The first-order chi connectivity index (χ1) is 13.9. The van der Waals surface area contributed by atoms with Crippen molar-refractivity contribution in [2.75, 3.05) is 17.2 Å². The summed E-state index contributed by atoms with van der Waals surface area (Å²) >= 11 is 0. The quantitative estimate of drug-likeness (QED) is 0.621. The number of nitrogens with one attached hydrogen (secondary N) is 2. The Balaban J connectivity index is 1.59. The Kier molecular flexibility index (Phi) is 5.98. The molecule has 0 radical (unpaired) electrons. The molecule has 0 aliphatic carbocycles. The summed E-state index contributed by atoms with van der Waals surface area (Å²) in [5, 5.41) is 13.6. The maximum atomic E-state index is 12.3. The third kappa shape index (κ3) is 5.25. The molecular formula is C20H19N5O4. The number of amides is 2. The van der Waals surface area contributed by atoms with Gasteiger partial charge in [0.2, 0.25) is 5.91 Å². The molecule has 9 nitrogen and oxygen atoms in total. The highest BCUT2D eigenvalue weighted by atomic mass is 16.5. The standard InChI is InChI=1S/C20H19N5O4/c1-13-19(24-25(23-13)17-9-4-3-5-10-17)20(28)29-12-18(27)22-16-8-6-7-15(11-16)21-14(2)26/h3-11H,12H2,1-2H3,(H,21,26)(H,22,27). The fraction of sp³-hybridized carbons (Fsp3) is 0.150. The van der Waals surface area contributed by atoms with Gasteiger partial charge in [-0.2, -0.15) is 9.90 Å². The lowest BCUT2D eigenvalue weighted by molar-refractivity contribution is -0.119. The number of hydrogen-bond acceptors (Lipinski definition) is 6. The number of anilines is 2. The summed E-state index contributed by atoms with van der Waals surface area (Å²) in [5.41, 5.74) is 2.13. The van der Waals surface area contributed by atoms with Crippen LogP contribution >= 0.6 is 0 Å². The van der Waals surface area contributed by atoms with Gasteiger partial charge in [-0.25, -0.2) is 4.79 Å². The van der Waals surface area contributed by atoms with Crippen LogP contribution in [0.2, 0.25) is 0 Å². The molecule has 0 aliphatic rings. The van der Waals surface area contributed by atoms with E-state index in [-0.39, 0.29) is 11.6 Å². The number of benzene rings is 2. The Morgan fingerprint density at radius 2 is 1.66 bits per heavy atom. The highest BCUT2D eigenvalue weighted by Gasteiger charge is 2.19. The van der Waals surface area contributed by atoms with E-state index in [1.807, 2.05) is 18.2 Å². The third-order valence-corrected chi connectivity index (χ3v) is 3.76. The molecule has 1 aromatic heterocycles. The number of esters is 1. The normalized spacial score (nSPS) is 10.3. The highest BCUT2D eigenvalue weighted by molar-refractivity contribution is 5.96. The Morgan fingerprint density at radius 1 is 0.966 bits per heavy atom. The number of rotatable bonds is 6. The lowest BCUT2D eigenvalue weighted by Crippen LogP contribution is -2.21. The molecule has 0 aliphatic heterocycles. The second-order valence-corrected chi connectivity index (χ2v) is 6.15. The molecule has 2 aromatic carbocycles. The first-order valence-electron chi connectivity index (χ1n) is 8.76. The van der Waals surface area contributed by atoms with Crippen LogP contribution in [-0.2, 0) is 14.3 Å². The number of aryl methyl sites for hydroxylation is 1. The molecule has 3 rings (SSSR count). The van der Waals surface area contributed by atoms with E-state index in [1.165, 1.54) is 11.7 Å². The maximum Gasteiger partial charge on any atom is 0.361 e. The van der Waals surface area contributed by atoms with Gasteiger partial charge in [0.25, 0.3) is 5.91 Å². The van der Waals surface area contributed by atoms with Crippen molar-refractivity contribution < 1.29 is 19.1 Å². The van der Waals surface area contributed by atoms with Crippen molar-refractivity contribution in [3.8, 4) is 5.69 Å². The monoisotopic (exact) mass is 393 g/mol. The van der Waals surface area contributed by atoms with E-state index in [0.29, 0.717) is 22.8 Å². The fourth-order valence-electron chi connectivity index (χ4n) is 2.52. The number of nitrogens with zero attached hydrogens (tertiary/aromatic N) is 3. The Labute approximate surface area is 166 Å². The zero-order chi connectivity index (χ0) is 20.8. The zero-order valence-electron chi connectivity index (χ0n) is 15.9. The Hall–Kier alpha value is -4.01. The highest BCUT2D eigenvalue weighted by Crippen LogP contribution is 2.15. The largest absolute Gasteiger partial charge is 0.451 e. The van der Waals surface area contributed by atoms with Crippen LogP contribution in [0.4, 0.5) is 11.4 Å². The van der Waals surface area contributed by atoms with Crippen molar-refractivity contribution in [1.82, 2.24) is 15.0 Å². The topological polar surface area (TPSA) is 115 Å². The van der Waals surface area contributed by atoms with Gasteiger partial charge in [-0.05, 0) is 37.3 Å². The first-order valence-corrected chi connectivity index (χ1v) is 8.76. The van der Waals surface area contributed by atoms with E-state index in [4.69, 9.17) is 4.74 Å². The predicted octanol–water partition coefficient (Wildman–Crippen LogP) is 2.33. The molecule has 9 heteroatoms. The molecule has 2 amide bonds. The lowest BCUT2D eigenvalue weighted by Gasteiger charge is -2.08. The van der Waals surface area contributed by atoms with Crippen LogP contribution in [0.3, 0.4) is 0 Å². The molecule has 3 aromatic rings. The summed E-state index contributed by atoms with van der Waals surface area (Å²) in [6.45, 7) is 2.54. The lowest BCUT2D eigenvalue weighted by atomic mass is 10.2. The smallest absolute Gasteiger partial charge is 0.361 e. The maximum absolute atomic E-state index is 12.3. The summed E-state index contributed by atoms with van der Waals surface area (Å²) in [6.07, 6.45) is 0. The summed E-state index contributed by atoms with van der Waals surface area (Å²) in [6, 6.07) is 15.7. The summed E-state index contributed by atoms with van der Waals surface area (Å²) in [4.78, 5) is 36.8. The van der Waals surface area contributed by atoms with Gasteiger partial charge >= 0.3 is 5.97 Å². The zero-order valence-corrected chi connectivity index (χ0v) is 15.9. The molecule has 148 valence electrons. The van der Waals surface area contributed by atoms with E-state index in [1.54, 1.807) is 43.3 Å². The molecular weight excluding hydrogens is 374 g/mol. The average molecular weight is 393 g/mol. The molecule has 0 spiro atoms. The van der Waals surface area contributed by atoms with Gasteiger partial charge in [0.05, 0.1) is 11.4 Å². The van der Waals surface area contributed by atoms with E-state index in [2.05, 4.69) is 20.8 Å². The number of para-hydroxylation sites is 1. The average Bonchev–Trinajstić information content (AvgIpc) is 3.08. The third-order valence-electron chi connectivity index (χ3n) is 3.76. The van der Waals surface area contributed by atoms with Gasteiger partial charge in [-0.3, -0.25) is 9.59 Å². The van der Waals surface area contributed by atoms with Crippen molar-refractivity contribution in [2.24, 2.45) is 0 Å². The van der Waals surface area contributed by atoms with Gasteiger partial charge in [0, 0.05) is 18.3 Å². The fourth-order valence-corrected chi connectivity index (χ4v) is 2.52. The molecule has 0 bridgehead atoms. The summed E-state index contributed by atoms with van der Waals surface area (Å²) < 4.78 is 5.05. The molecule has 0 saturated carbocycles. The van der Waals surface area contributed by atoms with Gasteiger partial charge in [0.15, 0.2) is 12.3 Å². The minimum Gasteiger partial charge on any atom is -0.451 e. The summed E-state index contributed by atoms with van der Waals surface area (Å²) in [5.74, 6) is -1.49. The van der Waals surface area contributed by atoms with E-state index in [9.17, 15) is 14.4 Å². The van der Waals surface area contributed by atoms with Crippen LogP contribution in [0.15, 0.2) is 54.6 Å². The first kappa shape index (κ1) is 19.7. The second kappa shape index (κ2) is 8.79. The van der Waals surface area contributed by atoms with Crippen LogP contribution in [-0.4, -0.2) is 39.4 Å². The van der Waals surface area contributed by atoms with E-state index >= 15 is 0 Å². The number of aromatic nitrogens is 3. The Morgan fingerprint density at radius 3 is 2.34 bits per heavy atom. The van der Waals surface area contributed by atoms with Crippen molar-refractivity contribution in [3.05, 3.63) is 66.0 Å².